The second-order valence-electron chi connectivity index (χ2n) is 7.51. The molecule has 0 aliphatic carbocycles. The summed E-state index contributed by atoms with van der Waals surface area (Å²) in [6.45, 7) is -0.391. The Balaban J connectivity index is 2.03. The zero-order valence-electron chi connectivity index (χ0n) is 17.6. The number of hydrogen-bond acceptors (Lipinski definition) is 2. The first kappa shape index (κ1) is 26.6. The summed E-state index contributed by atoms with van der Waals surface area (Å²) in [5.41, 5.74) is 2.31. The van der Waals surface area contributed by atoms with Gasteiger partial charge in [-0.2, -0.15) is 26.3 Å². The quantitative estimate of drug-likeness (QED) is 0.189. The summed E-state index contributed by atoms with van der Waals surface area (Å²) >= 11 is 0. The van der Waals surface area contributed by atoms with E-state index in [1.807, 2.05) is 24.3 Å². The lowest BCUT2D eigenvalue weighted by Gasteiger charge is -2.31. The van der Waals surface area contributed by atoms with Crippen LogP contribution >= 0.6 is 0 Å². The fourth-order valence-corrected chi connectivity index (χ4v) is 2.95. The fraction of sp³-hybridized carbons (Fsp3) is 0.435. The second-order valence-corrected chi connectivity index (χ2v) is 7.51. The molecule has 0 fully saturated rings. The number of halogens is 8. The number of unbranched alkanes of at least 4 members (excludes halogenated alkanes) is 2. The topological polar surface area (TPSA) is 26.3 Å². The highest BCUT2D eigenvalue weighted by Crippen LogP contribution is 2.48. The summed E-state index contributed by atoms with van der Waals surface area (Å²) in [5, 5.41) is 0. The highest BCUT2D eigenvalue weighted by molar-refractivity contribution is 5.90. The van der Waals surface area contributed by atoms with E-state index in [4.69, 9.17) is 0 Å². The normalized spacial score (nSPS) is 12.8. The molecule has 0 aromatic heterocycles. The lowest BCUT2D eigenvalue weighted by atomic mass is 10.0. The van der Waals surface area contributed by atoms with Gasteiger partial charge in [-0.25, -0.2) is 13.6 Å². The molecule has 2 aromatic rings. The first-order valence-corrected chi connectivity index (χ1v) is 10.1. The number of benzene rings is 2. The maximum Gasteiger partial charge on any atom is 0.381 e. The number of esters is 1. The van der Waals surface area contributed by atoms with Crippen molar-refractivity contribution in [2.75, 3.05) is 6.61 Å². The summed E-state index contributed by atoms with van der Waals surface area (Å²) in [7, 11) is 0. The van der Waals surface area contributed by atoms with Crippen molar-refractivity contribution in [1.29, 1.82) is 0 Å². The van der Waals surface area contributed by atoms with Crippen molar-refractivity contribution in [2.24, 2.45) is 0 Å². The molecule has 0 heterocycles. The Morgan fingerprint density at radius 1 is 0.848 bits per heavy atom. The predicted octanol–water partition coefficient (Wildman–Crippen LogP) is 7.41. The highest BCUT2D eigenvalue weighted by atomic mass is 19.4. The smallest absolute Gasteiger partial charge is 0.381 e. The number of carbonyl (C=O) groups is 1. The van der Waals surface area contributed by atoms with Gasteiger partial charge in [-0.1, -0.05) is 56.2 Å². The molecule has 0 saturated carbocycles. The standard InChI is InChI=1S/C23H22F8O2/c1-2-3-4-5-15-6-8-16(9-7-15)17-10-12-18(13-11-17)19(32)33-14-21(26,27)23(30,31)22(28,29)20(24)25/h6-13,20H,2-5,14H2,1H3. The molecule has 2 aromatic carbocycles. The van der Waals surface area contributed by atoms with Crippen molar-refractivity contribution >= 4 is 5.97 Å². The first-order valence-electron chi connectivity index (χ1n) is 10.1. The summed E-state index contributed by atoms with van der Waals surface area (Å²) in [4.78, 5) is 11.9. The number of alkyl halides is 8. The van der Waals surface area contributed by atoms with Crippen LogP contribution in [0.4, 0.5) is 35.1 Å². The van der Waals surface area contributed by atoms with E-state index in [0.717, 1.165) is 36.8 Å². The van der Waals surface area contributed by atoms with E-state index in [9.17, 15) is 39.9 Å². The van der Waals surface area contributed by atoms with Crippen LogP contribution in [-0.2, 0) is 11.2 Å². The van der Waals surface area contributed by atoms with E-state index in [-0.39, 0.29) is 5.56 Å². The molecule has 0 aliphatic rings. The van der Waals surface area contributed by atoms with Gasteiger partial charge in [0.25, 0.3) is 0 Å². The minimum absolute atomic E-state index is 0.310. The first-order chi connectivity index (χ1) is 15.3. The average Bonchev–Trinajstić information content (AvgIpc) is 2.78. The van der Waals surface area contributed by atoms with Gasteiger partial charge in [0.2, 0.25) is 0 Å². The van der Waals surface area contributed by atoms with Crippen LogP contribution in [0.2, 0.25) is 0 Å². The second kappa shape index (κ2) is 10.5. The molecule has 0 bridgehead atoms. The van der Waals surface area contributed by atoms with Crippen LogP contribution in [-0.4, -0.2) is 36.8 Å². The van der Waals surface area contributed by atoms with Crippen molar-refractivity contribution < 1.29 is 44.7 Å². The van der Waals surface area contributed by atoms with Crippen LogP contribution < -0.4 is 0 Å². The van der Waals surface area contributed by atoms with Crippen LogP contribution in [0.1, 0.15) is 42.1 Å². The number of rotatable bonds is 11. The lowest BCUT2D eigenvalue weighted by molar-refractivity contribution is -0.343. The molecule has 33 heavy (non-hydrogen) atoms. The Hall–Kier alpha value is -2.65. The number of hydrogen-bond donors (Lipinski definition) is 0. The molecule has 0 N–H and O–H groups in total. The van der Waals surface area contributed by atoms with Crippen molar-refractivity contribution in [1.82, 2.24) is 0 Å². The summed E-state index contributed by atoms with van der Waals surface area (Å²) in [6.07, 6.45) is -0.803. The van der Waals surface area contributed by atoms with Gasteiger partial charge < -0.3 is 4.74 Å². The fourth-order valence-electron chi connectivity index (χ4n) is 2.95. The summed E-state index contributed by atoms with van der Waals surface area (Å²) in [5.74, 6) is -20.0. The predicted molar refractivity (Wildman–Crippen MR) is 106 cm³/mol. The molecular weight excluding hydrogens is 460 g/mol. The maximum absolute atomic E-state index is 13.5. The summed E-state index contributed by atoms with van der Waals surface area (Å²) < 4.78 is 107. The van der Waals surface area contributed by atoms with E-state index in [2.05, 4.69) is 11.7 Å². The monoisotopic (exact) mass is 482 g/mol. The minimum atomic E-state index is -6.43. The third kappa shape index (κ3) is 6.03. The molecule has 0 saturated heterocycles. The van der Waals surface area contributed by atoms with Gasteiger partial charge in [-0.05, 0) is 41.7 Å². The molecular formula is C23H22F8O2. The van der Waals surface area contributed by atoms with Crippen molar-refractivity contribution in [2.45, 2.75) is 56.8 Å². The highest BCUT2D eigenvalue weighted by Gasteiger charge is 2.75. The zero-order valence-corrected chi connectivity index (χ0v) is 17.6. The Kier molecular flexibility index (Phi) is 8.48. The molecule has 0 aliphatic heterocycles. The zero-order chi connectivity index (χ0) is 24.9. The van der Waals surface area contributed by atoms with Crippen LogP contribution in [0.25, 0.3) is 11.1 Å². The van der Waals surface area contributed by atoms with Crippen LogP contribution in [0.3, 0.4) is 0 Å². The van der Waals surface area contributed by atoms with Crippen LogP contribution in [0.15, 0.2) is 48.5 Å². The summed E-state index contributed by atoms with van der Waals surface area (Å²) in [6, 6.07) is 12.9. The van der Waals surface area contributed by atoms with Gasteiger partial charge in [-0.3, -0.25) is 0 Å². The molecule has 0 radical (unpaired) electrons. The number of carbonyl (C=O) groups excluding carboxylic acids is 1. The third-order valence-corrected chi connectivity index (χ3v) is 5.01. The van der Waals surface area contributed by atoms with Crippen molar-refractivity contribution in [3.05, 3.63) is 59.7 Å². The number of aryl methyl sites for hydroxylation is 1. The molecule has 0 atom stereocenters. The molecule has 0 amide bonds. The van der Waals surface area contributed by atoms with E-state index in [0.29, 0.717) is 5.56 Å². The van der Waals surface area contributed by atoms with Gasteiger partial charge in [0.05, 0.1) is 5.56 Å². The molecule has 2 nitrogen and oxygen atoms in total. The lowest BCUT2D eigenvalue weighted by Crippen LogP contribution is -2.59. The third-order valence-electron chi connectivity index (χ3n) is 5.01. The average molecular weight is 482 g/mol. The Labute approximate surface area is 185 Å². The Bertz CT molecular complexity index is 909. The SMILES string of the molecule is CCCCCc1ccc(-c2ccc(C(=O)OCC(F)(F)C(F)(F)C(F)(F)C(F)F)cc2)cc1. The molecule has 0 spiro atoms. The number of ether oxygens (including phenoxy) is 1. The molecule has 2 rings (SSSR count). The molecule has 10 heteroatoms. The Morgan fingerprint density at radius 2 is 1.36 bits per heavy atom. The van der Waals surface area contributed by atoms with Crippen molar-refractivity contribution in [3.63, 3.8) is 0 Å². The van der Waals surface area contributed by atoms with Crippen LogP contribution in [0, 0.1) is 0 Å². The largest absolute Gasteiger partial charge is 0.455 e. The van der Waals surface area contributed by atoms with E-state index in [1.54, 1.807) is 0 Å². The van der Waals surface area contributed by atoms with Gasteiger partial charge >= 0.3 is 30.2 Å². The molecule has 182 valence electrons. The van der Waals surface area contributed by atoms with Gasteiger partial charge in [0, 0.05) is 0 Å². The molecule has 0 unspecified atom stereocenters. The van der Waals surface area contributed by atoms with E-state index in [1.165, 1.54) is 24.3 Å². The van der Waals surface area contributed by atoms with Gasteiger partial charge in [0.15, 0.2) is 6.61 Å². The van der Waals surface area contributed by atoms with E-state index >= 15 is 0 Å². The maximum atomic E-state index is 13.5. The van der Waals surface area contributed by atoms with Crippen molar-refractivity contribution in [3.8, 4) is 11.1 Å². The van der Waals surface area contributed by atoms with E-state index < -0.39 is 36.8 Å². The van der Waals surface area contributed by atoms with Gasteiger partial charge in [-0.15, -0.1) is 0 Å². The van der Waals surface area contributed by atoms with Gasteiger partial charge in [0.1, 0.15) is 0 Å². The van der Waals surface area contributed by atoms with Crippen LogP contribution in [0.5, 0.6) is 0 Å². The Morgan fingerprint density at radius 3 is 1.85 bits per heavy atom. The minimum Gasteiger partial charge on any atom is -0.455 e.